The minimum absolute atomic E-state index is 0.768. The Kier molecular flexibility index (Phi) is 7.56. The molecule has 2 rings (SSSR count). The normalized spacial score (nSPS) is 21.1. The monoisotopic (exact) mass is 342 g/mol. The molecule has 0 spiro atoms. The number of hydrogen-bond donors (Lipinski definition) is 0. The van der Waals surface area contributed by atoms with E-state index in [1.165, 1.54) is 36.2 Å². The smallest absolute Gasteiger partial charge is 0.0425 e. The van der Waals surface area contributed by atoms with Crippen LogP contribution in [0.2, 0.25) is 0 Å². The third kappa shape index (κ3) is 5.34. The van der Waals surface area contributed by atoms with Crippen molar-refractivity contribution in [1.29, 1.82) is 0 Å². The van der Waals surface area contributed by atoms with Gasteiger partial charge in [-0.3, -0.25) is 0 Å². The molecule has 2 nitrogen and oxygen atoms in total. The summed E-state index contributed by atoms with van der Waals surface area (Å²) in [7, 11) is 2.29. The lowest BCUT2D eigenvalue weighted by atomic mass is 9.88. The number of benzene rings is 1. The van der Waals surface area contributed by atoms with Crippen molar-refractivity contribution in [3.05, 3.63) is 41.5 Å². The van der Waals surface area contributed by atoms with Crippen LogP contribution in [0.1, 0.15) is 44.7 Å². The molecule has 0 amide bonds. The molecule has 0 aromatic heterocycles. The fourth-order valence-electron chi connectivity index (χ4n) is 4.35. The van der Waals surface area contributed by atoms with Gasteiger partial charge in [-0.25, -0.2) is 0 Å². The molecule has 1 aromatic rings. The predicted octanol–water partition coefficient (Wildman–Crippen LogP) is 5.30. The minimum Gasteiger partial charge on any atom is -0.370 e. The van der Waals surface area contributed by atoms with E-state index in [1.807, 2.05) is 0 Å². The summed E-state index contributed by atoms with van der Waals surface area (Å²) < 4.78 is 0. The summed E-state index contributed by atoms with van der Waals surface area (Å²) in [5.74, 6) is 2.34. The van der Waals surface area contributed by atoms with Gasteiger partial charge in [0, 0.05) is 31.9 Å². The van der Waals surface area contributed by atoms with Gasteiger partial charge in [0.05, 0.1) is 0 Å². The van der Waals surface area contributed by atoms with Crippen molar-refractivity contribution >= 4 is 5.69 Å². The van der Waals surface area contributed by atoms with E-state index in [2.05, 4.69) is 81.8 Å². The SMILES string of the molecule is CCC(CN(C)CCN(CC)c1c(C)cccc1C)C1C=CC(C)C1. The Balaban J connectivity index is 1.91. The number of anilines is 1. The number of likely N-dealkylation sites (N-methyl/N-ethyl adjacent to an activating group) is 2. The average molecular weight is 343 g/mol. The van der Waals surface area contributed by atoms with Crippen molar-refractivity contribution in [3.8, 4) is 0 Å². The van der Waals surface area contributed by atoms with Crippen LogP contribution in [0.5, 0.6) is 0 Å². The van der Waals surface area contributed by atoms with E-state index in [9.17, 15) is 0 Å². The number of rotatable bonds is 9. The highest BCUT2D eigenvalue weighted by Crippen LogP contribution is 2.31. The number of aryl methyl sites for hydroxylation is 2. The van der Waals surface area contributed by atoms with E-state index in [4.69, 9.17) is 0 Å². The Labute approximate surface area is 155 Å². The fraction of sp³-hybridized carbons (Fsp3) is 0.652. The van der Waals surface area contributed by atoms with Crippen LogP contribution in [0.15, 0.2) is 30.4 Å². The summed E-state index contributed by atoms with van der Waals surface area (Å²) in [4.78, 5) is 5.08. The van der Waals surface area contributed by atoms with Crippen LogP contribution in [0.4, 0.5) is 5.69 Å². The first kappa shape index (κ1) is 20.0. The Bertz CT molecular complexity index is 543. The van der Waals surface area contributed by atoms with Gasteiger partial charge in [-0.2, -0.15) is 0 Å². The molecule has 25 heavy (non-hydrogen) atoms. The third-order valence-corrected chi connectivity index (χ3v) is 5.90. The first-order valence-electron chi connectivity index (χ1n) is 10.1. The van der Waals surface area contributed by atoms with E-state index >= 15 is 0 Å². The molecule has 0 aliphatic heterocycles. The molecule has 0 radical (unpaired) electrons. The largest absolute Gasteiger partial charge is 0.370 e. The highest BCUT2D eigenvalue weighted by atomic mass is 15.2. The second-order valence-corrected chi connectivity index (χ2v) is 8.01. The Hall–Kier alpha value is -1.28. The maximum absolute atomic E-state index is 2.54. The van der Waals surface area contributed by atoms with Crippen molar-refractivity contribution in [2.45, 2.75) is 47.5 Å². The fourth-order valence-corrected chi connectivity index (χ4v) is 4.35. The van der Waals surface area contributed by atoms with Gasteiger partial charge in [0.15, 0.2) is 0 Å². The summed E-state index contributed by atoms with van der Waals surface area (Å²) in [5.41, 5.74) is 4.21. The standard InChI is InChI=1S/C23H38N2/c1-7-21(22-13-12-18(3)16-22)17-24(6)14-15-25(8-2)23-19(4)10-9-11-20(23)5/h9-13,18,21-22H,7-8,14-17H2,1-6H3. The van der Waals surface area contributed by atoms with Gasteiger partial charge in [0.1, 0.15) is 0 Å². The van der Waals surface area contributed by atoms with E-state index < -0.39 is 0 Å². The van der Waals surface area contributed by atoms with Gasteiger partial charge in [-0.05, 0) is 63.1 Å². The highest BCUT2D eigenvalue weighted by molar-refractivity contribution is 5.58. The second-order valence-electron chi connectivity index (χ2n) is 8.01. The number of allylic oxidation sites excluding steroid dienone is 2. The van der Waals surface area contributed by atoms with E-state index in [0.717, 1.165) is 37.4 Å². The van der Waals surface area contributed by atoms with Crippen molar-refractivity contribution in [1.82, 2.24) is 4.90 Å². The lowest BCUT2D eigenvalue weighted by Crippen LogP contribution is -2.37. The van der Waals surface area contributed by atoms with Crippen LogP contribution in [0.3, 0.4) is 0 Å². The van der Waals surface area contributed by atoms with E-state index in [1.54, 1.807) is 0 Å². The van der Waals surface area contributed by atoms with Crippen LogP contribution in [0, 0.1) is 31.6 Å². The van der Waals surface area contributed by atoms with Gasteiger partial charge < -0.3 is 9.80 Å². The molecule has 0 bridgehead atoms. The van der Waals surface area contributed by atoms with Crippen LogP contribution >= 0.6 is 0 Å². The topological polar surface area (TPSA) is 6.48 Å². The molecule has 1 aliphatic rings. The third-order valence-electron chi connectivity index (χ3n) is 5.90. The molecule has 2 heteroatoms. The number of para-hydroxylation sites is 1. The lowest BCUT2D eigenvalue weighted by Gasteiger charge is -2.31. The lowest BCUT2D eigenvalue weighted by molar-refractivity contribution is 0.232. The van der Waals surface area contributed by atoms with E-state index in [-0.39, 0.29) is 0 Å². The zero-order chi connectivity index (χ0) is 18.4. The van der Waals surface area contributed by atoms with Gasteiger partial charge in [0.2, 0.25) is 0 Å². The van der Waals surface area contributed by atoms with Crippen LogP contribution in [-0.2, 0) is 0 Å². The quantitative estimate of drug-likeness (QED) is 0.562. The zero-order valence-corrected chi connectivity index (χ0v) is 17.3. The zero-order valence-electron chi connectivity index (χ0n) is 17.3. The molecular formula is C23H38N2. The van der Waals surface area contributed by atoms with Crippen LogP contribution in [-0.4, -0.2) is 38.1 Å². The van der Waals surface area contributed by atoms with Gasteiger partial charge in [-0.1, -0.05) is 50.6 Å². The van der Waals surface area contributed by atoms with Crippen molar-refractivity contribution < 1.29 is 0 Å². The Morgan fingerprint density at radius 2 is 1.76 bits per heavy atom. The van der Waals surface area contributed by atoms with Crippen molar-refractivity contribution in [2.75, 3.05) is 38.1 Å². The number of nitrogens with zero attached hydrogens (tertiary/aromatic N) is 2. The first-order chi connectivity index (χ1) is 12.0. The summed E-state index contributed by atoms with van der Waals surface area (Å²) in [5, 5.41) is 0. The number of hydrogen-bond acceptors (Lipinski definition) is 2. The summed E-state index contributed by atoms with van der Waals surface area (Å²) in [6, 6.07) is 6.63. The summed E-state index contributed by atoms with van der Waals surface area (Å²) in [6.07, 6.45) is 7.51. The molecule has 3 unspecified atom stereocenters. The van der Waals surface area contributed by atoms with Crippen LogP contribution < -0.4 is 4.90 Å². The molecule has 0 heterocycles. The minimum atomic E-state index is 0.768. The molecular weight excluding hydrogens is 304 g/mol. The molecule has 3 atom stereocenters. The molecule has 0 saturated heterocycles. The first-order valence-corrected chi connectivity index (χ1v) is 10.1. The van der Waals surface area contributed by atoms with Gasteiger partial charge >= 0.3 is 0 Å². The molecule has 0 N–H and O–H groups in total. The molecule has 140 valence electrons. The summed E-state index contributed by atoms with van der Waals surface area (Å²) in [6.45, 7) is 15.9. The van der Waals surface area contributed by atoms with Crippen LogP contribution in [0.25, 0.3) is 0 Å². The Morgan fingerprint density at radius 1 is 1.08 bits per heavy atom. The van der Waals surface area contributed by atoms with E-state index in [0.29, 0.717) is 0 Å². The van der Waals surface area contributed by atoms with Gasteiger partial charge in [-0.15, -0.1) is 0 Å². The molecule has 1 aromatic carbocycles. The maximum Gasteiger partial charge on any atom is 0.0425 e. The van der Waals surface area contributed by atoms with Crippen molar-refractivity contribution in [2.24, 2.45) is 17.8 Å². The second kappa shape index (κ2) is 9.43. The average Bonchev–Trinajstić information content (AvgIpc) is 3.01. The van der Waals surface area contributed by atoms with Gasteiger partial charge in [0.25, 0.3) is 0 Å². The summed E-state index contributed by atoms with van der Waals surface area (Å²) >= 11 is 0. The maximum atomic E-state index is 2.54. The Morgan fingerprint density at radius 3 is 2.28 bits per heavy atom. The predicted molar refractivity (Wildman–Crippen MR) is 111 cm³/mol. The highest BCUT2D eigenvalue weighted by Gasteiger charge is 2.24. The molecule has 1 aliphatic carbocycles. The van der Waals surface area contributed by atoms with Crippen molar-refractivity contribution in [3.63, 3.8) is 0 Å². The molecule has 0 fully saturated rings. The molecule has 0 saturated carbocycles.